The number of fused-ring (bicyclic) bond motifs is 1. The summed E-state index contributed by atoms with van der Waals surface area (Å²) in [5.74, 6) is 2.03. The van der Waals surface area contributed by atoms with E-state index < -0.39 is 0 Å². The molecule has 19 heavy (non-hydrogen) atoms. The molecule has 2 unspecified atom stereocenters. The third-order valence-electron chi connectivity index (χ3n) is 4.78. The molecule has 0 aromatic heterocycles. The van der Waals surface area contributed by atoms with Crippen LogP contribution in [-0.4, -0.2) is 12.4 Å². The SMILES string of the molecule is CC1CCCC1C(=O)c1ccc2c(c1)C(C)(C)CO2. The fourth-order valence-electron chi connectivity index (χ4n) is 3.42. The van der Waals surface area contributed by atoms with Crippen LogP contribution in [0.2, 0.25) is 0 Å². The number of carbonyl (C=O) groups excluding carboxylic acids is 1. The molecule has 1 saturated carbocycles. The van der Waals surface area contributed by atoms with Crippen molar-refractivity contribution in [2.75, 3.05) is 6.61 Å². The fraction of sp³-hybridized carbons (Fsp3) is 0.588. The first-order valence-corrected chi connectivity index (χ1v) is 7.30. The van der Waals surface area contributed by atoms with Crippen LogP contribution in [0.4, 0.5) is 0 Å². The summed E-state index contributed by atoms with van der Waals surface area (Å²) in [6.45, 7) is 7.26. The van der Waals surface area contributed by atoms with Gasteiger partial charge in [-0.2, -0.15) is 0 Å². The quantitative estimate of drug-likeness (QED) is 0.750. The number of hydrogen-bond donors (Lipinski definition) is 0. The third kappa shape index (κ3) is 2.07. The Kier molecular flexibility index (Phi) is 2.92. The average Bonchev–Trinajstić information content (AvgIpc) is 2.93. The minimum absolute atomic E-state index is 0.0207. The van der Waals surface area contributed by atoms with Crippen molar-refractivity contribution >= 4 is 5.78 Å². The van der Waals surface area contributed by atoms with Gasteiger partial charge in [0.1, 0.15) is 5.75 Å². The smallest absolute Gasteiger partial charge is 0.166 e. The number of benzene rings is 1. The highest BCUT2D eigenvalue weighted by Crippen LogP contribution is 2.40. The first kappa shape index (κ1) is 12.7. The van der Waals surface area contributed by atoms with Crippen LogP contribution < -0.4 is 4.74 Å². The molecule has 2 atom stereocenters. The lowest BCUT2D eigenvalue weighted by Gasteiger charge is -2.17. The van der Waals surface area contributed by atoms with E-state index in [-0.39, 0.29) is 11.3 Å². The van der Waals surface area contributed by atoms with Crippen molar-refractivity contribution in [2.45, 2.75) is 45.4 Å². The summed E-state index contributed by atoms with van der Waals surface area (Å²) in [5, 5.41) is 0. The topological polar surface area (TPSA) is 26.3 Å². The highest BCUT2D eigenvalue weighted by Gasteiger charge is 2.34. The Bertz CT molecular complexity index is 516. The first-order valence-electron chi connectivity index (χ1n) is 7.30. The zero-order valence-corrected chi connectivity index (χ0v) is 12.0. The number of Topliss-reactive ketones (excluding diaryl/α,β-unsaturated/α-hetero) is 1. The Morgan fingerprint density at radius 1 is 1.32 bits per heavy atom. The van der Waals surface area contributed by atoms with Gasteiger partial charge in [-0.1, -0.05) is 27.2 Å². The predicted molar refractivity (Wildman–Crippen MR) is 75.8 cm³/mol. The summed E-state index contributed by atoms with van der Waals surface area (Å²) in [4.78, 5) is 12.6. The maximum atomic E-state index is 12.6. The van der Waals surface area contributed by atoms with Crippen molar-refractivity contribution in [2.24, 2.45) is 11.8 Å². The number of hydrogen-bond acceptors (Lipinski definition) is 2. The van der Waals surface area contributed by atoms with E-state index in [4.69, 9.17) is 4.74 Å². The first-order chi connectivity index (χ1) is 8.99. The molecule has 2 aliphatic rings. The molecule has 0 amide bonds. The summed E-state index contributed by atoms with van der Waals surface area (Å²) >= 11 is 0. The van der Waals surface area contributed by atoms with Crippen LogP contribution >= 0.6 is 0 Å². The van der Waals surface area contributed by atoms with Crippen LogP contribution in [0.25, 0.3) is 0 Å². The average molecular weight is 258 g/mol. The molecule has 0 saturated heterocycles. The van der Waals surface area contributed by atoms with Gasteiger partial charge in [0, 0.05) is 22.5 Å². The standard InChI is InChI=1S/C17H22O2/c1-11-5-4-6-13(11)16(18)12-7-8-15-14(9-12)17(2,3)10-19-15/h7-9,11,13H,4-6,10H2,1-3H3. The number of ketones is 1. The van der Waals surface area contributed by atoms with Crippen LogP contribution in [0, 0.1) is 11.8 Å². The second-order valence-electron chi connectivity index (χ2n) is 6.76. The maximum Gasteiger partial charge on any atom is 0.166 e. The van der Waals surface area contributed by atoms with Gasteiger partial charge in [0.05, 0.1) is 6.61 Å². The Morgan fingerprint density at radius 3 is 2.79 bits per heavy atom. The molecule has 0 N–H and O–H groups in total. The van der Waals surface area contributed by atoms with Gasteiger partial charge >= 0.3 is 0 Å². The lowest BCUT2D eigenvalue weighted by molar-refractivity contribution is 0.0897. The molecular formula is C17H22O2. The van der Waals surface area contributed by atoms with Crippen LogP contribution in [0.5, 0.6) is 5.75 Å². The summed E-state index contributed by atoms with van der Waals surface area (Å²) in [6.07, 6.45) is 3.43. The van der Waals surface area contributed by atoms with Crippen LogP contribution in [0.1, 0.15) is 56.0 Å². The van der Waals surface area contributed by atoms with Crippen molar-refractivity contribution in [3.63, 3.8) is 0 Å². The van der Waals surface area contributed by atoms with Crippen molar-refractivity contribution in [1.82, 2.24) is 0 Å². The lowest BCUT2D eigenvalue weighted by Crippen LogP contribution is -2.20. The summed E-state index contributed by atoms with van der Waals surface area (Å²) in [6, 6.07) is 5.97. The monoisotopic (exact) mass is 258 g/mol. The van der Waals surface area contributed by atoms with E-state index in [0.29, 0.717) is 18.3 Å². The second kappa shape index (κ2) is 4.36. The normalized spacial score (nSPS) is 27.9. The largest absolute Gasteiger partial charge is 0.492 e. The zero-order valence-electron chi connectivity index (χ0n) is 12.0. The number of ether oxygens (including phenoxy) is 1. The molecule has 2 nitrogen and oxygen atoms in total. The molecule has 0 radical (unpaired) electrons. The van der Waals surface area contributed by atoms with Crippen molar-refractivity contribution in [1.29, 1.82) is 0 Å². The van der Waals surface area contributed by atoms with Gasteiger partial charge in [-0.25, -0.2) is 0 Å². The van der Waals surface area contributed by atoms with Gasteiger partial charge in [0.2, 0.25) is 0 Å². The Labute approximate surface area is 115 Å². The van der Waals surface area contributed by atoms with Crippen LogP contribution in [-0.2, 0) is 5.41 Å². The number of rotatable bonds is 2. The molecule has 1 aliphatic heterocycles. The molecule has 3 rings (SSSR count). The van der Waals surface area contributed by atoms with E-state index in [1.54, 1.807) is 0 Å². The van der Waals surface area contributed by atoms with Crippen molar-refractivity contribution in [3.05, 3.63) is 29.3 Å². The molecule has 1 heterocycles. The van der Waals surface area contributed by atoms with Gasteiger partial charge in [-0.3, -0.25) is 4.79 Å². The highest BCUT2D eigenvalue weighted by atomic mass is 16.5. The Balaban J connectivity index is 1.92. The van der Waals surface area contributed by atoms with Crippen LogP contribution in [0.15, 0.2) is 18.2 Å². The van der Waals surface area contributed by atoms with Crippen LogP contribution in [0.3, 0.4) is 0 Å². The minimum atomic E-state index is 0.0207. The summed E-state index contributed by atoms with van der Waals surface area (Å²) in [7, 11) is 0. The van der Waals surface area contributed by atoms with Gasteiger partial charge in [0.15, 0.2) is 5.78 Å². The highest BCUT2D eigenvalue weighted by molar-refractivity contribution is 5.98. The van der Waals surface area contributed by atoms with E-state index in [9.17, 15) is 4.79 Å². The molecule has 0 spiro atoms. The van der Waals surface area contributed by atoms with Gasteiger partial charge in [-0.05, 0) is 37.0 Å². The fourth-order valence-corrected chi connectivity index (χ4v) is 3.42. The molecule has 1 fully saturated rings. The van der Waals surface area contributed by atoms with E-state index in [2.05, 4.69) is 26.8 Å². The van der Waals surface area contributed by atoms with E-state index in [0.717, 1.165) is 17.7 Å². The third-order valence-corrected chi connectivity index (χ3v) is 4.78. The van der Waals surface area contributed by atoms with Gasteiger partial charge in [0.25, 0.3) is 0 Å². The molecule has 102 valence electrons. The molecule has 1 aromatic rings. The van der Waals surface area contributed by atoms with Crippen molar-refractivity contribution in [3.8, 4) is 5.75 Å². The predicted octanol–water partition coefficient (Wildman–Crippen LogP) is 3.98. The van der Waals surface area contributed by atoms with E-state index >= 15 is 0 Å². The Hall–Kier alpha value is -1.31. The molecular weight excluding hydrogens is 236 g/mol. The lowest BCUT2D eigenvalue weighted by atomic mass is 9.83. The van der Waals surface area contributed by atoms with Gasteiger partial charge < -0.3 is 4.74 Å². The summed E-state index contributed by atoms with van der Waals surface area (Å²) < 4.78 is 5.68. The molecule has 1 aliphatic carbocycles. The maximum absolute atomic E-state index is 12.6. The number of carbonyl (C=O) groups is 1. The molecule has 1 aromatic carbocycles. The Morgan fingerprint density at radius 2 is 2.11 bits per heavy atom. The van der Waals surface area contributed by atoms with E-state index in [1.165, 1.54) is 18.4 Å². The second-order valence-corrected chi connectivity index (χ2v) is 6.76. The summed E-state index contributed by atoms with van der Waals surface area (Å²) in [5.41, 5.74) is 2.08. The molecule has 0 bridgehead atoms. The van der Waals surface area contributed by atoms with E-state index in [1.807, 2.05) is 12.1 Å². The zero-order chi connectivity index (χ0) is 13.6. The van der Waals surface area contributed by atoms with Crippen molar-refractivity contribution < 1.29 is 9.53 Å². The minimum Gasteiger partial charge on any atom is -0.492 e. The van der Waals surface area contributed by atoms with Gasteiger partial charge in [-0.15, -0.1) is 0 Å². The molecule has 2 heteroatoms.